The minimum absolute atomic E-state index is 0.0982. The fraction of sp³-hybridized carbons (Fsp3) is 0.278. The highest BCUT2D eigenvalue weighted by Crippen LogP contribution is 2.11. The van der Waals surface area contributed by atoms with Gasteiger partial charge in [0.2, 0.25) is 0 Å². The number of pyridine rings is 1. The van der Waals surface area contributed by atoms with Gasteiger partial charge in [0.15, 0.2) is 0 Å². The Kier molecular flexibility index (Phi) is 4.86. The molecule has 24 heavy (non-hydrogen) atoms. The predicted molar refractivity (Wildman–Crippen MR) is 92.0 cm³/mol. The second-order valence-electron chi connectivity index (χ2n) is 5.82. The molecule has 1 aromatic heterocycles. The molecule has 1 N–H and O–H groups in total. The highest BCUT2D eigenvalue weighted by atomic mass is 16.2. The van der Waals surface area contributed by atoms with Gasteiger partial charge >= 0.3 is 0 Å². The average molecular weight is 324 g/mol. The first kappa shape index (κ1) is 16.1. The van der Waals surface area contributed by atoms with Crippen molar-refractivity contribution in [2.24, 2.45) is 0 Å². The van der Waals surface area contributed by atoms with Gasteiger partial charge in [0.25, 0.3) is 11.8 Å². The molecule has 1 fully saturated rings. The van der Waals surface area contributed by atoms with Crippen LogP contribution in [0, 0.1) is 0 Å². The Balaban J connectivity index is 1.70. The maximum absolute atomic E-state index is 12.5. The summed E-state index contributed by atoms with van der Waals surface area (Å²) in [5.41, 5.74) is 0.903. The number of likely N-dealkylation sites (N-methyl/N-ethyl adjacent to an activating group) is 1. The molecule has 124 valence electrons. The van der Waals surface area contributed by atoms with Crippen LogP contribution in [-0.2, 0) is 0 Å². The third-order valence-corrected chi connectivity index (χ3v) is 4.04. The Labute approximate surface area is 141 Å². The molecule has 1 aromatic carbocycles. The zero-order chi connectivity index (χ0) is 16.9. The van der Waals surface area contributed by atoms with Crippen LogP contribution in [0.1, 0.15) is 20.8 Å². The summed E-state index contributed by atoms with van der Waals surface area (Å²) in [4.78, 5) is 33.0. The Morgan fingerprint density at radius 2 is 1.67 bits per heavy atom. The molecule has 0 atom stereocenters. The lowest BCUT2D eigenvalue weighted by atomic mass is 10.2. The summed E-state index contributed by atoms with van der Waals surface area (Å²) in [6.45, 7) is 3.10. The molecule has 1 saturated heterocycles. The first-order valence-electron chi connectivity index (χ1n) is 7.95. The average Bonchev–Trinajstić information content (AvgIpc) is 2.63. The Morgan fingerprint density at radius 1 is 0.958 bits per heavy atom. The van der Waals surface area contributed by atoms with Gasteiger partial charge in [-0.1, -0.05) is 24.3 Å². The fourth-order valence-electron chi connectivity index (χ4n) is 2.57. The van der Waals surface area contributed by atoms with Gasteiger partial charge in [-0.3, -0.25) is 9.59 Å². The van der Waals surface area contributed by atoms with E-state index in [0.29, 0.717) is 30.2 Å². The van der Waals surface area contributed by atoms with E-state index in [4.69, 9.17) is 0 Å². The number of carbonyl (C=O) groups excluding carboxylic acids is 2. The van der Waals surface area contributed by atoms with Crippen LogP contribution >= 0.6 is 0 Å². The number of anilines is 1. The smallest absolute Gasteiger partial charge is 0.272 e. The molecule has 0 spiro atoms. The van der Waals surface area contributed by atoms with E-state index < -0.39 is 0 Å². The molecule has 2 aromatic rings. The zero-order valence-electron chi connectivity index (χ0n) is 13.6. The molecule has 0 saturated carbocycles. The minimum Gasteiger partial charge on any atom is -0.335 e. The number of hydrogen-bond acceptors (Lipinski definition) is 4. The molecular formula is C18H20N4O2. The number of carbonyl (C=O) groups is 2. The topological polar surface area (TPSA) is 65.5 Å². The van der Waals surface area contributed by atoms with Crippen LogP contribution in [0.15, 0.2) is 48.5 Å². The van der Waals surface area contributed by atoms with E-state index in [0.717, 1.165) is 13.1 Å². The standard InChI is InChI=1S/C18H20N4O2/c1-21-10-12-22(13-11-21)18(24)15-8-5-9-16(19-15)20-17(23)14-6-3-2-4-7-14/h2-9H,10-13H2,1H3,(H,19,20,23). The number of nitrogens with one attached hydrogen (secondary N) is 1. The molecule has 1 aliphatic heterocycles. The largest absolute Gasteiger partial charge is 0.335 e. The van der Waals surface area contributed by atoms with Crippen molar-refractivity contribution in [3.63, 3.8) is 0 Å². The van der Waals surface area contributed by atoms with Gasteiger partial charge in [0.1, 0.15) is 11.5 Å². The second-order valence-corrected chi connectivity index (χ2v) is 5.82. The summed E-state index contributed by atoms with van der Waals surface area (Å²) in [6, 6.07) is 14.0. The van der Waals surface area contributed by atoms with Crippen molar-refractivity contribution in [2.45, 2.75) is 0 Å². The molecule has 3 rings (SSSR count). The third kappa shape index (κ3) is 3.78. The molecule has 6 nitrogen and oxygen atoms in total. The van der Waals surface area contributed by atoms with E-state index in [1.54, 1.807) is 47.4 Å². The summed E-state index contributed by atoms with van der Waals surface area (Å²) in [7, 11) is 2.04. The quantitative estimate of drug-likeness (QED) is 0.934. The number of aromatic nitrogens is 1. The van der Waals surface area contributed by atoms with Crippen LogP contribution in [0.4, 0.5) is 5.82 Å². The summed E-state index contributed by atoms with van der Waals surface area (Å²) < 4.78 is 0. The maximum atomic E-state index is 12.5. The van der Waals surface area contributed by atoms with Crippen LogP contribution in [0.3, 0.4) is 0 Å². The number of rotatable bonds is 3. The molecule has 0 bridgehead atoms. The highest BCUT2D eigenvalue weighted by molar-refractivity contribution is 6.04. The van der Waals surface area contributed by atoms with Crippen LogP contribution < -0.4 is 5.32 Å². The number of benzene rings is 1. The molecule has 0 aliphatic carbocycles. The Hall–Kier alpha value is -2.73. The van der Waals surface area contributed by atoms with Crippen LogP contribution in [-0.4, -0.2) is 59.8 Å². The second kappa shape index (κ2) is 7.23. The van der Waals surface area contributed by atoms with Gasteiger partial charge in [-0.25, -0.2) is 4.98 Å². The molecule has 2 amide bonds. The van der Waals surface area contributed by atoms with E-state index in [1.807, 2.05) is 13.1 Å². The predicted octanol–water partition coefficient (Wildman–Crippen LogP) is 1.72. The molecule has 6 heteroatoms. The summed E-state index contributed by atoms with van der Waals surface area (Å²) in [5, 5.41) is 2.73. The summed E-state index contributed by atoms with van der Waals surface area (Å²) >= 11 is 0. The van der Waals surface area contributed by atoms with Gasteiger partial charge < -0.3 is 15.1 Å². The van der Waals surface area contributed by atoms with Gasteiger partial charge in [0, 0.05) is 31.7 Å². The SMILES string of the molecule is CN1CCN(C(=O)c2cccc(NC(=O)c3ccccc3)n2)CC1. The van der Waals surface area contributed by atoms with Crippen LogP contribution in [0.2, 0.25) is 0 Å². The van der Waals surface area contributed by atoms with Crippen molar-refractivity contribution in [2.75, 3.05) is 38.5 Å². The molecule has 1 aliphatic rings. The number of hydrogen-bond donors (Lipinski definition) is 1. The van der Waals surface area contributed by atoms with E-state index in [9.17, 15) is 9.59 Å². The summed E-state index contributed by atoms with van der Waals surface area (Å²) in [6.07, 6.45) is 0. The molecule has 2 heterocycles. The lowest BCUT2D eigenvalue weighted by molar-refractivity contribution is 0.0658. The lowest BCUT2D eigenvalue weighted by Crippen LogP contribution is -2.47. The lowest BCUT2D eigenvalue weighted by Gasteiger charge is -2.32. The monoisotopic (exact) mass is 324 g/mol. The molecule has 0 radical (unpaired) electrons. The fourth-order valence-corrected chi connectivity index (χ4v) is 2.57. The van der Waals surface area contributed by atoms with Crippen molar-refractivity contribution in [1.82, 2.24) is 14.8 Å². The van der Waals surface area contributed by atoms with E-state index in [2.05, 4.69) is 15.2 Å². The van der Waals surface area contributed by atoms with Crippen LogP contribution in [0.25, 0.3) is 0 Å². The van der Waals surface area contributed by atoms with Gasteiger partial charge in [-0.15, -0.1) is 0 Å². The minimum atomic E-state index is -0.243. The first-order valence-corrected chi connectivity index (χ1v) is 7.95. The molecular weight excluding hydrogens is 304 g/mol. The summed E-state index contributed by atoms with van der Waals surface area (Å²) in [5.74, 6) is 0.0371. The van der Waals surface area contributed by atoms with E-state index in [1.165, 1.54) is 0 Å². The first-order chi connectivity index (χ1) is 11.6. The Bertz CT molecular complexity index is 725. The van der Waals surface area contributed by atoms with E-state index >= 15 is 0 Å². The van der Waals surface area contributed by atoms with Crippen molar-refractivity contribution in [3.8, 4) is 0 Å². The van der Waals surface area contributed by atoms with Crippen molar-refractivity contribution in [1.29, 1.82) is 0 Å². The maximum Gasteiger partial charge on any atom is 0.272 e. The van der Waals surface area contributed by atoms with Gasteiger partial charge in [-0.2, -0.15) is 0 Å². The van der Waals surface area contributed by atoms with Gasteiger partial charge in [-0.05, 0) is 31.3 Å². The normalized spacial score (nSPS) is 15.1. The van der Waals surface area contributed by atoms with Crippen molar-refractivity contribution < 1.29 is 9.59 Å². The Morgan fingerprint density at radius 3 is 2.38 bits per heavy atom. The number of amides is 2. The van der Waals surface area contributed by atoms with Crippen molar-refractivity contribution >= 4 is 17.6 Å². The molecule has 0 unspecified atom stereocenters. The third-order valence-electron chi connectivity index (χ3n) is 4.04. The zero-order valence-corrected chi connectivity index (χ0v) is 13.6. The highest BCUT2D eigenvalue weighted by Gasteiger charge is 2.21. The van der Waals surface area contributed by atoms with Crippen LogP contribution in [0.5, 0.6) is 0 Å². The van der Waals surface area contributed by atoms with E-state index in [-0.39, 0.29) is 11.8 Å². The number of nitrogens with zero attached hydrogens (tertiary/aromatic N) is 3. The van der Waals surface area contributed by atoms with Gasteiger partial charge in [0.05, 0.1) is 0 Å². The van der Waals surface area contributed by atoms with Crippen molar-refractivity contribution in [3.05, 3.63) is 59.8 Å². The number of piperazine rings is 1.